The lowest BCUT2D eigenvalue weighted by Crippen LogP contribution is -2.33. The summed E-state index contributed by atoms with van der Waals surface area (Å²) < 4.78 is 101. The Labute approximate surface area is 215 Å². The first-order chi connectivity index (χ1) is 17.8. The maximum atomic E-state index is 14.4. The quantitative estimate of drug-likeness (QED) is 0.274. The Kier molecular flexibility index (Phi) is 7.33. The zero-order valence-electron chi connectivity index (χ0n) is 19.7. The fourth-order valence-corrected chi connectivity index (χ4v) is 4.54. The average molecular weight is 557 g/mol. The summed E-state index contributed by atoms with van der Waals surface area (Å²) in [5.74, 6) is -1.50. The monoisotopic (exact) mass is 557 g/mol. The van der Waals surface area contributed by atoms with Crippen molar-refractivity contribution in [3.8, 4) is 11.1 Å². The summed E-state index contributed by atoms with van der Waals surface area (Å²) in [5, 5.41) is 5.02. The minimum atomic E-state index is -5.11. The predicted molar refractivity (Wildman–Crippen MR) is 126 cm³/mol. The molecule has 0 aliphatic carbocycles. The highest BCUT2D eigenvalue weighted by Gasteiger charge is 2.38. The Balaban J connectivity index is 1.99. The zero-order chi connectivity index (χ0) is 27.8. The van der Waals surface area contributed by atoms with Crippen LogP contribution in [0.15, 0.2) is 64.2 Å². The molecule has 1 aliphatic rings. The second-order valence-electron chi connectivity index (χ2n) is 8.13. The number of nitrogens with zero attached hydrogens (tertiary/aromatic N) is 2. The van der Waals surface area contributed by atoms with Crippen LogP contribution in [0.1, 0.15) is 41.6 Å². The number of ether oxygens (including phenoxy) is 1. The van der Waals surface area contributed by atoms with Gasteiger partial charge in [0.05, 0.1) is 23.3 Å². The van der Waals surface area contributed by atoms with E-state index in [4.69, 9.17) is 4.74 Å². The Hall–Kier alpha value is -3.74. The third-order valence-electron chi connectivity index (χ3n) is 5.58. The predicted octanol–water partition coefficient (Wildman–Crippen LogP) is 6.92. The first-order valence-corrected chi connectivity index (χ1v) is 11.9. The highest BCUT2D eigenvalue weighted by molar-refractivity contribution is 7.11. The topological polar surface area (TPSA) is 63.6 Å². The molecule has 5 nitrogen and oxygen atoms in total. The van der Waals surface area contributed by atoms with Crippen LogP contribution >= 0.6 is 11.3 Å². The maximum absolute atomic E-state index is 14.4. The molecule has 0 fully saturated rings. The van der Waals surface area contributed by atoms with Crippen molar-refractivity contribution < 1.29 is 40.3 Å². The van der Waals surface area contributed by atoms with E-state index in [9.17, 15) is 35.5 Å². The van der Waals surface area contributed by atoms with E-state index in [-0.39, 0.29) is 40.9 Å². The van der Waals surface area contributed by atoms with Gasteiger partial charge in [0.25, 0.3) is 0 Å². The van der Waals surface area contributed by atoms with Gasteiger partial charge in [-0.3, -0.25) is 4.99 Å². The van der Waals surface area contributed by atoms with Gasteiger partial charge in [-0.15, -0.1) is 11.3 Å². The molecule has 1 unspecified atom stereocenters. The molecule has 38 heavy (non-hydrogen) atoms. The number of carbonyl (C=O) groups is 1. The van der Waals surface area contributed by atoms with Crippen molar-refractivity contribution in [2.45, 2.75) is 32.2 Å². The summed E-state index contributed by atoms with van der Waals surface area (Å²) in [6.07, 6.45) is -8.72. The molecular formula is C25H18F7N3O2S. The second-order valence-corrected chi connectivity index (χ2v) is 9.02. The number of nitrogens with one attached hydrogen (secondary N) is 1. The normalized spacial score (nSPS) is 16.2. The Morgan fingerprint density at radius 2 is 1.71 bits per heavy atom. The molecule has 2 heterocycles. The number of amidine groups is 1. The van der Waals surface area contributed by atoms with Gasteiger partial charge in [-0.2, -0.15) is 26.3 Å². The van der Waals surface area contributed by atoms with E-state index in [1.165, 1.54) is 30.5 Å². The molecule has 4 rings (SSSR count). The summed E-state index contributed by atoms with van der Waals surface area (Å²) in [6, 6.07) is 2.69. The number of hydrogen-bond donors (Lipinski definition) is 1. The Morgan fingerprint density at radius 3 is 2.26 bits per heavy atom. The van der Waals surface area contributed by atoms with Crippen LogP contribution in [0.3, 0.4) is 0 Å². The highest BCUT2D eigenvalue weighted by Crippen LogP contribution is 2.42. The number of halogens is 7. The molecule has 0 saturated carbocycles. The van der Waals surface area contributed by atoms with E-state index in [0.29, 0.717) is 17.1 Å². The van der Waals surface area contributed by atoms with E-state index < -0.39 is 46.9 Å². The Bertz CT molecular complexity index is 1400. The van der Waals surface area contributed by atoms with Crippen LogP contribution in [0.25, 0.3) is 11.1 Å². The molecule has 1 aliphatic heterocycles. The molecule has 0 amide bonds. The second kappa shape index (κ2) is 10.2. The van der Waals surface area contributed by atoms with Crippen molar-refractivity contribution in [1.29, 1.82) is 0 Å². The van der Waals surface area contributed by atoms with Crippen LogP contribution in [0, 0.1) is 5.82 Å². The molecule has 1 aromatic heterocycles. The van der Waals surface area contributed by atoms with Gasteiger partial charge in [-0.05, 0) is 60.9 Å². The third-order valence-corrected chi connectivity index (χ3v) is 6.36. The summed E-state index contributed by atoms with van der Waals surface area (Å²) in [5.41, 5.74) is -3.74. The lowest BCUT2D eigenvalue weighted by atomic mass is 9.88. The van der Waals surface area contributed by atoms with E-state index in [1.54, 1.807) is 12.3 Å². The average Bonchev–Trinajstić information content (AvgIpc) is 3.37. The lowest BCUT2D eigenvalue weighted by Gasteiger charge is -2.27. The van der Waals surface area contributed by atoms with Crippen molar-refractivity contribution in [2.75, 3.05) is 6.61 Å². The molecule has 0 saturated heterocycles. The third kappa shape index (κ3) is 5.57. The largest absolute Gasteiger partial charge is 0.463 e. The van der Waals surface area contributed by atoms with Crippen molar-refractivity contribution >= 4 is 23.1 Å². The van der Waals surface area contributed by atoms with Crippen LogP contribution in [0.5, 0.6) is 0 Å². The van der Waals surface area contributed by atoms with Crippen LogP contribution in [0.4, 0.5) is 30.7 Å². The van der Waals surface area contributed by atoms with Crippen LogP contribution in [-0.4, -0.2) is 23.4 Å². The van der Waals surface area contributed by atoms with Gasteiger partial charge in [-0.25, -0.2) is 14.2 Å². The van der Waals surface area contributed by atoms with Crippen molar-refractivity contribution in [1.82, 2.24) is 10.3 Å². The minimum absolute atomic E-state index is 0.00296. The van der Waals surface area contributed by atoms with Crippen LogP contribution < -0.4 is 5.32 Å². The van der Waals surface area contributed by atoms with Gasteiger partial charge in [0.15, 0.2) is 10.8 Å². The van der Waals surface area contributed by atoms with Gasteiger partial charge in [0, 0.05) is 17.3 Å². The van der Waals surface area contributed by atoms with E-state index in [0.717, 1.165) is 12.1 Å². The van der Waals surface area contributed by atoms with Gasteiger partial charge < -0.3 is 10.1 Å². The molecule has 0 spiro atoms. The first-order valence-electron chi connectivity index (χ1n) is 11.0. The van der Waals surface area contributed by atoms with Crippen molar-refractivity contribution in [3.05, 3.63) is 86.8 Å². The highest BCUT2D eigenvalue weighted by atomic mass is 32.1. The fraction of sp³-hybridized carbons (Fsp3) is 0.240. The number of aliphatic imine (C=N–C) groups is 1. The minimum Gasteiger partial charge on any atom is -0.463 e. The van der Waals surface area contributed by atoms with E-state index in [2.05, 4.69) is 15.3 Å². The van der Waals surface area contributed by atoms with Crippen LogP contribution in [-0.2, 0) is 21.9 Å². The molecular weight excluding hydrogens is 539 g/mol. The number of rotatable bonds is 5. The number of allylic oxidation sites excluding steroid dienone is 1. The van der Waals surface area contributed by atoms with Crippen molar-refractivity contribution in [3.63, 3.8) is 0 Å². The number of esters is 1. The standard InChI is InChI=1S/C25H18F7N3O2S/c1-3-37-23(36)19-12(2)34-21(22-33-6-7-38-22)35-20(19)17-5-4-16(26)11-18(17)13-8-14(24(27,28)29)10-15(9-13)25(30,31)32/h4-11,20H,3H2,1-2H3,(H,34,35). The van der Waals surface area contributed by atoms with E-state index >= 15 is 0 Å². The van der Waals surface area contributed by atoms with Gasteiger partial charge in [0.1, 0.15) is 11.9 Å². The van der Waals surface area contributed by atoms with E-state index in [1.807, 2.05) is 0 Å². The van der Waals surface area contributed by atoms with Gasteiger partial charge in [-0.1, -0.05) is 6.07 Å². The van der Waals surface area contributed by atoms with Gasteiger partial charge >= 0.3 is 18.3 Å². The number of alkyl halides is 6. The molecule has 1 atom stereocenters. The summed E-state index contributed by atoms with van der Waals surface area (Å²) >= 11 is 1.21. The molecule has 0 bridgehead atoms. The van der Waals surface area contributed by atoms with Crippen LogP contribution in [0.2, 0.25) is 0 Å². The number of hydrogen-bond acceptors (Lipinski definition) is 6. The molecule has 1 N–H and O–H groups in total. The molecule has 0 radical (unpaired) electrons. The fourth-order valence-electron chi connectivity index (χ4n) is 3.95. The lowest BCUT2D eigenvalue weighted by molar-refractivity contribution is -0.143. The van der Waals surface area contributed by atoms with Crippen molar-refractivity contribution in [2.24, 2.45) is 4.99 Å². The molecule has 3 aromatic rings. The Morgan fingerprint density at radius 1 is 1.05 bits per heavy atom. The zero-order valence-corrected chi connectivity index (χ0v) is 20.5. The summed E-state index contributed by atoms with van der Waals surface area (Å²) in [4.78, 5) is 21.6. The molecule has 13 heteroatoms. The first kappa shape index (κ1) is 27.3. The smallest absolute Gasteiger partial charge is 0.416 e. The SMILES string of the molecule is CCOC(=O)C1=C(C)NC(c2nccs2)=NC1c1ccc(F)cc1-c1cc(C(F)(F)F)cc(C(F)(F)F)c1. The molecule has 200 valence electrons. The maximum Gasteiger partial charge on any atom is 0.416 e. The number of aromatic nitrogens is 1. The summed E-state index contributed by atoms with van der Waals surface area (Å²) in [6.45, 7) is 3.09. The molecule has 2 aromatic carbocycles. The summed E-state index contributed by atoms with van der Waals surface area (Å²) in [7, 11) is 0. The number of carbonyl (C=O) groups excluding carboxylic acids is 1. The van der Waals surface area contributed by atoms with Gasteiger partial charge in [0.2, 0.25) is 0 Å². The number of thiazole rings is 1. The number of benzene rings is 2.